The molecule has 1 aliphatic carbocycles. The molecule has 0 saturated heterocycles. The molecular formula is C13H16Cl2N2O2. The first-order valence-electron chi connectivity index (χ1n) is 6.27. The Kier molecular flexibility index (Phi) is 5.16. The second-order valence-corrected chi connectivity index (χ2v) is 5.34. The van der Waals surface area contributed by atoms with Crippen molar-refractivity contribution >= 4 is 29.2 Å². The lowest BCUT2D eigenvalue weighted by molar-refractivity contribution is 0.220. The summed E-state index contributed by atoms with van der Waals surface area (Å²) in [7, 11) is 0. The highest BCUT2D eigenvalue weighted by molar-refractivity contribution is 6.35. The van der Waals surface area contributed by atoms with Crippen LogP contribution in [0.25, 0.3) is 0 Å². The summed E-state index contributed by atoms with van der Waals surface area (Å²) in [6.45, 7) is 0.0694. The third kappa shape index (κ3) is 4.48. The van der Waals surface area contributed by atoms with Crippen LogP contribution < -0.4 is 15.4 Å². The molecule has 4 nitrogen and oxygen atoms in total. The van der Waals surface area contributed by atoms with E-state index in [2.05, 4.69) is 10.6 Å². The number of rotatable bonds is 4. The van der Waals surface area contributed by atoms with Gasteiger partial charge >= 0.3 is 6.03 Å². The lowest BCUT2D eigenvalue weighted by atomic mass is 10.3. The predicted molar refractivity (Wildman–Crippen MR) is 75.9 cm³/mol. The molecule has 104 valence electrons. The first kappa shape index (κ1) is 14.3. The van der Waals surface area contributed by atoms with Gasteiger partial charge in [0.25, 0.3) is 0 Å². The molecule has 0 unspecified atom stereocenters. The second kappa shape index (κ2) is 6.87. The van der Waals surface area contributed by atoms with Crippen molar-refractivity contribution in [3.63, 3.8) is 0 Å². The number of hydrogen-bond donors (Lipinski definition) is 2. The summed E-state index contributed by atoms with van der Waals surface area (Å²) in [6.07, 6.45) is 4.47. The molecule has 0 heterocycles. The Morgan fingerprint density at radius 2 is 2.05 bits per heavy atom. The first-order valence-corrected chi connectivity index (χ1v) is 7.03. The van der Waals surface area contributed by atoms with Gasteiger partial charge in [-0.25, -0.2) is 4.79 Å². The molecule has 2 amide bonds. The predicted octanol–water partition coefficient (Wildman–Crippen LogP) is 3.57. The van der Waals surface area contributed by atoms with Gasteiger partial charge in [-0.15, -0.1) is 0 Å². The standard InChI is InChI=1S/C13H16Cl2N2O2/c14-9-5-6-12(11(15)7-9)19-8-16-13(18)17-10-3-1-2-4-10/h5-7,10H,1-4,8H2,(H2,16,17,18). The number of ether oxygens (including phenoxy) is 1. The third-order valence-corrected chi connectivity index (χ3v) is 3.58. The summed E-state index contributed by atoms with van der Waals surface area (Å²) in [5.74, 6) is 0.493. The van der Waals surface area contributed by atoms with Gasteiger partial charge < -0.3 is 15.4 Å². The SMILES string of the molecule is O=C(NCOc1ccc(Cl)cc1Cl)NC1CCCC1. The minimum absolute atomic E-state index is 0.0694. The molecule has 6 heteroatoms. The van der Waals surface area contributed by atoms with Crippen LogP contribution in [-0.2, 0) is 0 Å². The van der Waals surface area contributed by atoms with E-state index in [1.165, 1.54) is 12.8 Å². The summed E-state index contributed by atoms with van der Waals surface area (Å²) >= 11 is 11.7. The van der Waals surface area contributed by atoms with Gasteiger partial charge in [-0.05, 0) is 31.0 Å². The third-order valence-electron chi connectivity index (χ3n) is 3.04. The van der Waals surface area contributed by atoms with Gasteiger partial charge in [0.15, 0.2) is 6.73 Å². The fraction of sp³-hybridized carbons (Fsp3) is 0.462. The van der Waals surface area contributed by atoms with Crippen molar-refractivity contribution in [1.82, 2.24) is 10.6 Å². The lowest BCUT2D eigenvalue weighted by Gasteiger charge is -2.14. The van der Waals surface area contributed by atoms with Crippen molar-refractivity contribution in [3.8, 4) is 5.75 Å². The molecule has 0 aromatic heterocycles. The molecular weight excluding hydrogens is 287 g/mol. The number of amides is 2. The van der Waals surface area contributed by atoms with E-state index < -0.39 is 0 Å². The summed E-state index contributed by atoms with van der Waals surface area (Å²) in [5, 5.41) is 6.51. The molecule has 0 bridgehead atoms. The van der Waals surface area contributed by atoms with Crippen LogP contribution in [0.2, 0.25) is 10.0 Å². The summed E-state index contributed by atoms with van der Waals surface area (Å²) < 4.78 is 5.36. The number of benzene rings is 1. The fourth-order valence-corrected chi connectivity index (χ4v) is 2.54. The molecule has 1 saturated carbocycles. The molecule has 0 spiro atoms. The van der Waals surface area contributed by atoms with Crippen LogP contribution in [-0.4, -0.2) is 18.8 Å². The molecule has 1 fully saturated rings. The highest BCUT2D eigenvalue weighted by Crippen LogP contribution is 2.27. The zero-order valence-electron chi connectivity index (χ0n) is 10.4. The van der Waals surface area contributed by atoms with E-state index in [4.69, 9.17) is 27.9 Å². The number of nitrogens with one attached hydrogen (secondary N) is 2. The average Bonchev–Trinajstić information content (AvgIpc) is 2.84. The van der Waals surface area contributed by atoms with Crippen LogP contribution in [0.1, 0.15) is 25.7 Å². The first-order chi connectivity index (χ1) is 9.15. The lowest BCUT2D eigenvalue weighted by Crippen LogP contribution is -2.42. The van der Waals surface area contributed by atoms with Crippen molar-refractivity contribution in [2.24, 2.45) is 0 Å². The Balaban J connectivity index is 1.72. The maximum Gasteiger partial charge on any atom is 0.317 e. The zero-order chi connectivity index (χ0) is 13.7. The molecule has 1 aromatic carbocycles. The van der Waals surface area contributed by atoms with E-state index in [0.717, 1.165) is 12.8 Å². The number of carbonyl (C=O) groups excluding carboxylic acids is 1. The van der Waals surface area contributed by atoms with E-state index >= 15 is 0 Å². The van der Waals surface area contributed by atoms with Crippen molar-refractivity contribution in [2.45, 2.75) is 31.7 Å². The van der Waals surface area contributed by atoms with E-state index in [9.17, 15) is 4.79 Å². The van der Waals surface area contributed by atoms with Gasteiger partial charge in [-0.3, -0.25) is 0 Å². The van der Waals surface area contributed by atoms with Gasteiger partial charge in [0.2, 0.25) is 0 Å². The maximum atomic E-state index is 11.6. The van der Waals surface area contributed by atoms with Crippen molar-refractivity contribution in [3.05, 3.63) is 28.2 Å². The maximum absolute atomic E-state index is 11.6. The second-order valence-electron chi connectivity index (χ2n) is 4.50. The van der Waals surface area contributed by atoms with E-state index in [0.29, 0.717) is 21.8 Å². The Morgan fingerprint density at radius 1 is 1.32 bits per heavy atom. The number of hydrogen-bond acceptors (Lipinski definition) is 2. The van der Waals surface area contributed by atoms with Crippen molar-refractivity contribution in [2.75, 3.05) is 6.73 Å². The normalized spacial score (nSPS) is 15.3. The van der Waals surface area contributed by atoms with E-state index in [1.807, 2.05) is 0 Å². The molecule has 1 aromatic rings. The number of carbonyl (C=O) groups is 1. The van der Waals surface area contributed by atoms with Crippen LogP contribution in [0.5, 0.6) is 5.75 Å². The summed E-state index contributed by atoms with van der Waals surface area (Å²) in [4.78, 5) is 11.6. The van der Waals surface area contributed by atoms with Gasteiger partial charge in [-0.2, -0.15) is 0 Å². The molecule has 0 aliphatic heterocycles. The van der Waals surface area contributed by atoms with Crippen molar-refractivity contribution in [1.29, 1.82) is 0 Å². The van der Waals surface area contributed by atoms with Gasteiger partial charge in [-0.1, -0.05) is 36.0 Å². The Bertz CT molecular complexity index is 448. The number of halogens is 2. The average molecular weight is 303 g/mol. The largest absolute Gasteiger partial charge is 0.472 e. The molecule has 19 heavy (non-hydrogen) atoms. The molecule has 0 radical (unpaired) electrons. The van der Waals surface area contributed by atoms with Crippen LogP contribution in [0.4, 0.5) is 4.79 Å². The smallest absolute Gasteiger partial charge is 0.317 e. The van der Waals surface area contributed by atoms with Crippen LogP contribution in [0, 0.1) is 0 Å². The quantitative estimate of drug-likeness (QED) is 0.835. The molecule has 0 atom stereocenters. The van der Waals surface area contributed by atoms with E-state index in [-0.39, 0.29) is 12.8 Å². The van der Waals surface area contributed by atoms with Gasteiger partial charge in [0.05, 0.1) is 5.02 Å². The highest BCUT2D eigenvalue weighted by atomic mass is 35.5. The van der Waals surface area contributed by atoms with Crippen molar-refractivity contribution < 1.29 is 9.53 Å². The Morgan fingerprint density at radius 3 is 2.74 bits per heavy atom. The molecule has 1 aliphatic rings. The minimum atomic E-state index is -0.211. The summed E-state index contributed by atoms with van der Waals surface area (Å²) in [6, 6.07) is 5.02. The number of urea groups is 1. The topological polar surface area (TPSA) is 50.4 Å². The Hall–Kier alpha value is -1.13. The zero-order valence-corrected chi connectivity index (χ0v) is 11.9. The highest BCUT2D eigenvalue weighted by Gasteiger charge is 2.16. The van der Waals surface area contributed by atoms with E-state index in [1.54, 1.807) is 18.2 Å². The molecule has 2 N–H and O–H groups in total. The monoisotopic (exact) mass is 302 g/mol. The minimum Gasteiger partial charge on any atom is -0.472 e. The van der Waals surface area contributed by atoms with Crippen LogP contribution in [0.3, 0.4) is 0 Å². The fourth-order valence-electron chi connectivity index (χ4n) is 2.08. The van der Waals surface area contributed by atoms with Gasteiger partial charge in [0, 0.05) is 11.1 Å². The Labute approximate surface area is 122 Å². The van der Waals surface area contributed by atoms with Crippen LogP contribution >= 0.6 is 23.2 Å². The summed E-state index contributed by atoms with van der Waals surface area (Å²) in [5.41, 5.74) is 0. The molecule has 2 rings (SSSR count). The van der Waals surface area contributed by atoms with Crippen LogP contribution in [0.15, 0.2) is 18.2 Å². The van der Waals surface area contributed by atoms with Gasteiger partial charge in [0.1, 0.15) is 5.75 Å².